The highest BCUT2D eigenvalue weighted by Gasteiger charge is 2.76. The molecule has 124 valence electrons. The lowest BCUT2D eigenvalue weighted by Crippen LogP contribution is -2.52. The molecule has 0 radical (unpaired) electrons. The van der Waals surface area contributed by atoms with Gasteiger partial charge in [-0.05, 0) is 58.3 Å². The molecule has 4 saturated carbocycles. The topological polar surface area (TPSA) is 9.23 Å². The van der Waals surface area contributed by atoms with Gasteiger partial charge in [-0.25, -0.2) is 0 Å². The minimum atomic E-state index is 0.539. The standard InChI is InChI=1S/C23H26O/c1-22(2)14-11-18-20(23(18,3)19(22)12-14)17-10-13-6-4-5-7-15(13)21-16(17)8-9-24-21/h4-7,10,14,18-20H,8-9,11-12H2,1-3H3/t14-,18+,19+,20+,23-/m0/s1. The molecule has 5 atom stereocenters. The first-order chi connectivity index (χ1) is 11.5. The van der Waals surface area contributed by atoms with Gasteiger partial charge in [0.25, 0.3) is 0 Å². The van der Waals surface area contributed by atoms with E-state index in [0.717, 1.165) is 36.7 Å². The van der Waals surface area contributed by atoms with Crippen LogP contribution in [0.1, 0.15) is 50.7 Å². The van der Waals surface area contributed by atoms with Crippen molar-refractivity contribution >= 4 is 10.8 Å². The molecule has 2 aromatic carbocycles. The van der Waals surface area contributed by atoms with Crippen LogP contribution >= 0.6 is 0 Å². The van der Waals surface area contributed by atoms with E-state index in [0.29, 0.717) is 10.8 Å². The molecule has 0 saturated heterocycles. The minimum Gasteiger partial charge on any atom is -0.492 e. The summed E-state index contributed by atoms with van der Waals surface area (Å²) in [5, 5.41) is 2.68. The van der Waals surface area contributed by atoms with Crippen LogP contribution in [0.25, 0.3) is 10.8 Å². The van der Waals surface area contributed by atoms with E-state index in [1.54, 1.807) is 5.56 Å². The zero-order valence-electron chi connectivity index (χ0n) is 14.9. The van der Waals surface area contributed by atoms with E-state index in [1.165, 1.54) is 34.9 Å². The van der Waals surface area contributed by atoms with Gasteiger partial charge in [0.05, 0.1) is 6.61 Å². The van der Waals surface area contributed by atoms with E-state index in [1.807, 2.05) is 0 Å². The third-order valence-electron chi connectivity index (χ3n) is 8.59. The van der Waals surface area contributed by atoms with E-state index in [2.05, 4.69) is 51.1 Å². The van der Waals surface area contributed by atoms with Gasteiger partial charge >= 0.3 is 0 Å². The zero-order chi connectivity index (χ0) is 16.3. The van der Waals surface area contributed by atoms with Crippen LogP contribution in [0.2, 0.25) is 0 Å². The number of ether oxygens (including phenoxy) is 1. The van der Waals surface area contributed by atoms with E-state index >= 15 is 0 Å². The molecule has 4 fully saturated rings. The molecule has 0 unspecified atom stereocenters. The highest BCUT2D eigenvalue weighted by atomic mass is 16.5. The molecule has 24 heavy (non-hydrogen) atoms. The molecule has 1 aliphatic heterocycles. The first kappa shape index (κ1) is 13.8. The van der Waals surface area contributed by atoms with Gasteiger partial charge in [-0.2, -0.15) is 0 Å². The van der Waals surface area contributed by atoms with Gasteiger partial charge < -0.3 is 4.74 Å². The molecule has 7 rings (SSSR count). The summed E-state index contributed by atoms with van der Waals surface area (Å²) in [5.74, 6) is 4.77. The number of hydrogen-bond donors (Lipinski definition) is 0. The fourth-order valence-electron chi connectivity index (χ4n) is 7.15. The Bertz CT molecular complexity index is 879. The second kappa shape index (κ2) is 4.00. The second-order valence-electron chi connectivity index (χ2n) is 9.59. The summed E-state index contributed by atoms with van der Waals surface area (Å²) < 4.78 is 6.09. The zero-order valence-corrected chi connectivity index (χ0v) is 14.9. The summed E-state index contributed by atoms with van der Waals surface area (Å²) in [7, 11) is 0. The van der Waals surface area contributed by atoms with Crippen molar-refractivity contribution in [3.63, 3.8) is 0 Å². The van der Waals surface area contributed by atoms with Crippen molar-refractivity contribution in [2.24, 2.45) is 28.6 Å². The van der Waals surface area contributed by atoms with Crippen LogP contribution in [-0.4, -0.2) is 6.61 Å². The first-order valence-electron chi connectivity index (χ1n) is 9.70. The van der Waals surface area contributed by atoms with Crippen molar-refractivity contribution in [1.82, 2.24) is 0 Å². The van der Waals surface area contributed by atoms with Crippen LogP contribution in [0.3, 0.4) is 0 Å². The highest BCUT2D eigenvalue weighted by molar-refractivity contribution is 5.91. The fourth-order valence-corrected chi connectivity index (χ4v) is 7.15. The summed E-state index contributed by atoms with van der Waals surface area (Å²) in [6.45, 7) is 8.51. The van der Waals surface area contributed by atoms with Gasteiger partial charge in [0.1, 0.15) is 5.75 Å². The molecule has 0 spiro atoms. The number of fused-ring (bicyclic) bond motifs is 3. The molecule has 0 amide bonds. The minimum absolute atomic E-state index is 0.539. The average Bonchev–Trinajstić information content (AvgIpc) is 2.93. The van der Waals surface area contributed by atoms with Gasteiger partial charge in [-0.1, -0.05) is 51.1 Å². The summed E-state index contributed by atoms with van der Waals surface area (Å²) in [6, 6.07) is 11.3. The maximum absolute atomic E-state index is 6.09. The van der Waals surface area contributed by atoms with E-state index in [9.17, 15) is 0 Å². The van der Waals surface area contributed by atoms with Crippen molar-refractivity contribution < 1.29 is 4.74 Å². The van der Waals surface area contributed by atoms with Crippen molar-refractivity contribution in [3.05, 3.63) is 41.5 Å². The lowest BCUT2D eigenvalue weighted by atomic mass is 9.45. The van der Waals surface area contributed by atoms with Crippen molar-refractivity contribution in [2.45, 2.75) is 46.0 Å². The Hall–Kier alpha value is -1.50. The molecule has 2 bridgehead atoms. The molecule has 5 aliphatic rings. The summed E-state index contributed by atoms with van der Waals surface area (Å²) in [6.07, 6.45) is 4.03. The monoisotopic (exact) mass is 318 g/mol. The van der Waals surface area contributed by atoms with Crippen molar-refractivity contribution in [1.29, 1.82) is 0 Å². The van der Waals surface area contributed by atoms with Crippen molar-refractivity contribution in [2.75, 3.05) is 6.61 Å². The van der Waals surface area contributed by atoms with Gasteiger partial charge in [0.15, 0.2) is 0 Å². The molecule has 0 aromatic heterocycles. The van der Waals surface area contributed by atoms with E-state index in [-0.39, 0.29) is 0 Å². The van der Waals surface area contributed by atoms with Gasteiger partial charge in [-0.3, -0.25) is 0 Å². The summed E-state index contributed by atoms with van der Waals surface area (Å²) in [4.78, 5) is 0. The Labute approximate surface area is 144 Å². The molecule has 0 N–H and O–H groups in total. The SMILES string of the molecule is CC1(C)[C@H]2C[C@@H]3[C@@H](c4cc5ccccc5c5c4CCO5)[C@]3(C)[C@@H]1C2. The quantitative estimate of drug-likeness (QED) is 0.669. The molecular formula is C23H26O. The lowest BCUT2D eigenvalue weighted by molar-refractivity contribution is -0.107. The fraction of sp³-hybridized carbons (Fsp3) is 0.565. The predicted octanol–water partition coefficient (Wildman–Crippen LogP) is 5.56. The molecular weight excluding hydrogens is 292 g/mol. The largest absolute Gasteiger partial charge is 0.492 e. The first-order valence-corrected chi connectivity index (χ1v) is 9.70. The van der Waals surface area contributed by atoms with Crippen LogP contribution in [0.15, 0.2) is 30.3 Å². The maximum atomic E-state index is 6.09. The number of benzene rings is 2. The summed E-state index contributed by atoms with van der Waals surface area (Å²) in [5.41, 5.74) is 4.27. The Kier molecular flexibility index (Phi) is 2.29. The molecule has 1 heterocycles. The normalized spacial score (nSPS) is 40.5. The van der Waals surface area contributed by atoms with Gasteiger partial charge in [0, 0.05) is 17.4 Å². The van der Waals surface area contributed by atoms with Gasteiger partial charge in [0.2, 0.25) is 0 Å². The highest BCUT2D eigenvalue weighted by Crippen LogP contribution is 2.83. The third kappa shape index (κ3) is 1.37. The molecule has 4 aliphatic carbocycles. The van der Waals surface area contributed by atoms with Crippen molar-refractivity contribution in [3.8, 4) is 5.75 Å². The molecule has 1 heteroatoms. The smallest absolute Gasteiger partial charge is 0.130 e. The van der Waals surface area contributed by atoms with Crippen LogP contribution < -0.4 is 4.74 Å². The number of hydrogen-bond acceptors (Lipinski definition) is 1. The van der Waals surface area contributed by atoms with Crippen LogP contribution in [0.5, 0.6) is 5.75 Å². The van der Waals surface area contributed by atoms with Crippen LogP contribution in [0.4, 0.5) is 0 Å². The van der Waals surface area contributed by atoms with Gasteiger partial charge in [-0.15, -0.1) is 0 Å². The Morgan fingerprint density at radius 2 is 1.92 bits per heavy atom. The average molecular weight is 318 g/mol. The van der Waals surface area contributed by atoms with Crippen LogP contribution in [0, 0.1) is 28.6 Å². The second-order valence-corrected chi connectivity index (χ2v) is 9.59. The van der Waals surface area contributed by atoms with E-state index in [4.69, 9.17) is 4.74 Å². The maximum Gasteiger partial charge on any atom is 0.130 e. The summed E-state index contributed by atoms with van der Waals surface area (Å²) >= 11 is 0. The van der Waals surface area contributed by atoms with Crippen LogP contribution in [-0.2, 0) is 6.42 Å². The molecule has 2 aromatic rings. The Morgan fingerprint density at radius 3 is 2.71 bits per heavy atom. The number of rotatable bonds is 1. The third-order valence-corrected chi connectivity index (χ3v) is 8.59. The predicted molar refractivity (Wildman–Crippen MR) is 97.5 cm³/mol. The lowest BCUT2D eigenvalue weighted by Gasteiger charge is -2.59. The molecule has 1 nitrogen and oxygen atoms in total. The Balaban J connectivity index is 1.53. The Morgan fingerprint density at radius 1 is 1.08 bits per heavy atom. The van der Waals surface area contributed by atoms with E-state index < -0.39 is 0 Å².